The van der Waals surface area contributed by atoms with Crippen LogP contribution in [0.25, 0.3) is 0 Å². The maximum absolute atomic E-state index is 14.8. The average Bonchev–Trinajstić information content (AvgIpc) is 2.89. The summed E-state index contributed by atoms with van der Waals surface area (Å²) in [6, 6.07) is -0.557. The molecule has 0 amide bonds. The highest BCUT2D eigenvalue weighted by Gasteiger charge is 2.50. The zero-order valence-electron chi connectivity index (χ0n) is 17.4. The normalized spacial score (nSPS) is 20.9. The Bertz CT molecular complexity index is 940. The molecule has 0 aliphatic carbocycles. The Kier molecular flexibility index (Phi) is 7.96. The topological polar surface area (TPSA) is 94.9 Å². The Hall–Kier alpha value is -1.88. The number of rotatable bonds is 11. The summed E-state index contributed by atoms with van der Waals surface area (Å²) >= 11 is 0. The van der Waals surface area contributed by atoms with Crippen molar-refractivity contribution in [2.24, 2.45) is 0 Å². The number of fused-ring (bicyclic) bond motifs is 1. The van der Waals surface area contributed by atoms with Gasteiger partial charge in [-0.25, -0.2) is 17.6 Å². The molecule has 1 aromatic rings. The first kappa shape index (κ1) is 25.4. The van der Waals surface area contributed by atoms with E-state index in [1.54, 1.807) is 13.8 Å². The maximum atomic E-state index is 14.8. The number of nitrogens with zero attached hydrogens (tertiary/aromatic N) is 1. The quantitative estimate of drug-likeness (QED) is 0.164. The van der Waals surface area contributed by atoms with Crippen LogP contribution in [0, 0.1) is 23.3 Å². The minimum absolute atomic E-state index is 0.0273. The van der Waals surface area contributed by atoms with Gasteiger partial charge in [0.25, 0.3) is 10.1 Å². The molecule has 0 bridgehead atoms. The van der Waals surface area contributed by atoms with E-state index in [9.17, 15) is 30.8 Å². The Morgan fingerprint density at radius 3 is 2.19 bits per heavy atom. The van der Waals surface area contributed by atoms with Crippen LogP contribution in [0.2, 0.25) is 0 Å². The summed E-state index contributed by atoms with van der Waals surface area (Å²) in [4.78, 5) is 12.1. The van der Waals surface area contributed by atoms with Crippen LogP contribution in [0.3, 0.4) is 0 Å². The third-order valence-corrected chi connectivity index (χ3v) is 6.93. The van der Waals surface area contributed by atoms with Crippen LogP contribution < -0.4 is 4.90 Å². The summed E-state index contributed by atoms with van der Waals surface area (Å²) in [5.74, 6) is -8.17. The monoisotopic (exact) mass is 469 g/mol. The Morgan fingerprint density at radius 1 is 1.00 bits per heavy atom. The van der Waals surface area contributed by atoms with Crippen LogP contribution >= 0.6 is 0 Å². The molecule has 0 saturated carbocycles. The molecule has 0 radical (unpaired) electrons. The van der Waals surface area contributed by atoms with Gasteiger partial charge in [-0.1, -0.05) is 19.8 Å². The molecule has 1 aromatic carbocycles. The predicted octanol–water partition coefficient (Wildman–Crippen LogP) is 4.41. The number of hydrogen-bond acceptors (Lipinski definition) is 4. The number of benzene rings is 1. The standard InChI is InChI=1S/C20H27F4NO5S/c1-12-20(2,9-5-7-11-31(28,29)30)14-15(21)16(22)17(23)18(24)19(14)25(12)10-6-3-4-8-13(26)27/h12H,3-11H2,1-2H3,(H,26,27)(H,28,29,30). The molecule has 0 spiro atoms. The van der Waals surface area contributed by atoms with Crippen molar-refractivity contribution < 1.29 is 40.4 Å². The predicted molar refractivity (Wildman–Crippen MR) is 107 cm³/mol. The molecule has 2 N–H and O–H groups in total. The van der Waals surface area contributed by atoms with Crippen LogP contribution in [0.1, 0.15) is 64.4 Å². The molecule has 31 heavy (non-hydrogen) atoms. The number of carbonyl (C=O) groups is 1. The van der Waals surface area contributed by atoms with E-state index in [-0.39, 0.29) is 43.5 Å². The van der Waals surface area contributed by atoms with Gasteiger partial charge in [-0.2, -0.15) is 8.42 Å². The molecule has 1 aliphatic rings. The molecule has 0 fully saturated rings. The summed E-state index contributed by atoms with van der Waals surface area (Å²) < 4.78 is 88.3. The molecular weight excluding hydrogens is 442 g/mol. The van der Waals surface area contributed by atoms with Gasteiger partial charge in [0, 0.05) is 30.0 Å². The van der Waals surface area contributed by atoms with E-state index in [1.165, 1.54) is 4.90 Å². The lowest BCUT2D eigenvalue weighted by Crippen LogP contribution is -2.41. The van der Waals surface area contributed by atoms with Crippen molar-refractivity contribution in [1.82, 2.24) is 0 Å². The smallest absolute Gasteiger partial charge is 0.303 e. The lowest BCUT2D eigenvalue weighted by Gasteiger charge is -2.34. The second kappa shape index (κ2) is 9.72. The number of halogens is 4. The number of anilines is 1. The third-order valence-electron chi connectivity index (χ3n) is 6.13. The zero-order valence-corrected chi connectivity index (χ0v) is 18.2. The van der Waals surface area contributed by atoms with E-state index in [2.05, 4.69) is 0 Å². The van der Waals surface area contributed by atoms with Gasteiger partial charge in [0.2, 0.25) is 0 Å². The van der Waals surface area contributed by atoms with E-state index in [0.29, 0.717) is 19.3 Å². The van der Waals surface area contributed by atoms with E-state index >= 15 is 0 Å². The first-order valence-corrected chi connectivity index (χ1v) is 11.7. The fraction of sp³-hybridized carbons (Fsp3) is 0.650. The molecule has 176 valence electrons. The van der Waals surface area contributed by atoms with Gasteiger partial charge in [0.05, 0.1) is 11.4 Å². The van der Waals surface area contributed by atoms with Gasteiger partial charge < -0.3 is 10.0 Å². The Balaban J connectivity index is 2.31. The summed E-state index contributed by atoms with van der Waals surface area (Å²) in [6.45, 7) is 3.46. The highest BCUT2D eigenvalue weighted by molar-refractivity contribution is 7.85. The number of carboxylic acid groups (broad SMARTS) is 1. The van der Waals surface area contributed by atoms with Crippen LogP contribution in [-0.2, 0) is 20.3 Å². The lowest BCUT2D eigenvalue weighted by atomic mass is 9.75. The van der Waals surface area contributed by atoms with Gasteiger partial charge >= 0.3 is 5.97 Å². The number of hydrogen-bond donors (Lipinski definition) is 2. The molecule has 1 heterocycles. The molecule has 2 atom stereocenters. The van der Waals surface area contributed by atoms with Crippen molar-refractivity contribution in [1.29, 1.82) is 0 Å². The van der Waals surface area contributed by atoms with Crippen molar-refractivity contribution in [3.05, 3.63) is 28.8 Å². The zero-order chi connectivity index (χ0) is 23.6. The summed E-state index contributed by atoms with van der Waals surface area (Å²) in [5, 5.41) is 8.71. The van der Waals surface area contributed by atoms with Crippen molar-refractivity contribution in [2.45, 2.75) is 70.3 Å². The molecule has 1 aliphatic heterocycles. The first-order chi connectivity index (χ1) is 14.3. The number of unbranched alkanes of at least 4 members (excludes halogenated alkanes) is 3. The third kappa shape index (κ3) is 5.49. The first-order valence-electron chi connectivity index (χ1n) is 10.1. The molecule has 0 saturated heterocycles. The lowest BCUT2D eigenvalue weighted by molar-refractivity contribution is -0.137. The van der Waals surface area contributed by atoms with Crippen molar-refractivity contribution in [3.63, 3.8) is 0 Å². The van der Waals surface area contributed by atoms with E-state index in [1.807, 2.05) is 0 Å². The van der Waals surface area contributed by atoms with Crippen LogP contribution in [-0.4, -0.2) is 42.4 Å². The van der Waals surface area contributed by atoms with Crippen LogP contribution in [0.5, 0.6) is 0 Å². The molecular formula is C20H27F4NO5S. The van der Waals surface area contributed by atoms with Crippen LogP contribution in [0.15, 0.2) is 0 Å². The summed E-state index contributed by atoms with van der Waals surface area (Å²) in [5.41, 5.74) is -1.76. The minimum atomic E-state index is -4.17. The molecule has 2 unspecified atom stereocenters. The Morgan fingerprint density at radius 2 is 1.61 bits per heavy atom. The maximum Gasteiger partial charge on any atom is 0.303 e. The Labute approximate surface area is 179 Å². The number of carboxylic acids is 1. The molecule has 6 nitrogen and oxygen atoms in total. The van der Waals surface area contributed by atoms with Gasteiger partial charge in [0.1, 0.15) is 0 Å². The summed E-state index contributed by atoms with van der Waals surface area (Å²) in [7, 11) is -4.17. The van der Waals surface area contributed by atoms with Gasteiger partial charge in [-0.15, -0.1) is 0 Å². The fourth-order valence-corrected chi connectivity index (χ4v) is 4.88. The summed E-state index contributed by atoms with van der Waals surface area (Å²) in [6.07, 6.45) is 1.77. The van der Waals surface area contributed by atoms with E-state index in [4.69, 9.17) is 9.66 Å². The van der Waals surface area contributed by atoms with Gasteiger partial charge in [0.15, 0.2) is 23.3 Å². The minimum Gasteiger partial charge on any atom is -0.481 e. The van der Waals surface area contributed by atoms with Crippen molar-refractivity contribution in [3.8, 4) is 0 Å². The number of aliphatic carboxylic acids is 1. The molecule has 11 heteroatoms. The average molecular weight is 469 g/mol. The van der Waals surface area contributed by atoms with E-state index < -0.39 is 56.6 Å². The van der Waals surface area contributed by atoms with Crippen LogP contribution in [0.4, 0.5) is 23.2 Å². The molecule has 2 rings (SSSR count). The second-order valence-electron chi connectivity index (χ2n) is 8.21. The molecule has 0 aromatic heterocycles. The highest BCUT2D eigenvalue weighted by Crippen LogP contribution is 2.51. The van der Waals surface area contributed by atoms with Crippen molar-refractivity contribution >= 4 is 21.8 Å². The van der Waals surface area contributed by atoms with Gasteiger partial charge in [-0.3, -0.25) is 9.35 Å². The van der Waals surface area contributed by atoms with Gasteiger partial charge in [-0.05, 0) is 32.6 Å². The second-order valence-corrected chi connectivity index (χ2v) is 9.79. The van der Waals surface area contributed by atoms with Crippen molar-refractivity contribution in [2.75, 3.05) is 17.2 Å². The highest BCUT2D eigenvalue weighted by atomic mass is 32.2. The van der Waals surface area contributed by atoms with E-state index in [0.717, 1.165) is 0 Å². The SMILES string of the molecule is CC1N(CCCCCC(=O)O)c2c(F)c(F)c(F)c(F)c2C1(C)CCCCS(=O)(=O)O. The fourth-order valence-electron chi connectivity index (χ4n) is 4.31. The largest absolute Gasteiger partial charge is 0.481 e.